The number of aromatic nitrogens is 2. The van der Waals surface area contributed by atoms with Crippen LogP contribution in [0, 0.1) is 0 Å². The number of carbonyl (C=O) groups excluding carboxylic acids is 1. The van der Waals surface area contributed by atoms with Crippen molar-refractivity contribution in [1.29, 1.82) is 0 Å². The number of unbranched alkanes of at least 4 members (excludes halogenated alkanes) is 2. The summed E-state index contributed by atoms with van der Waals surface area (Å²) < 4.78 is 0. The fourth-order valence-corrected chi connectivity index (χ4v) is 2.26. The summed E-state index contributed by atoms with van der Waals surface area (Å²) in [6.45, 7) is 3.57. The maximum atomic E-state index is 12.0. The summed E-state index contributed by atoms with van der Waals surface area (Å²) in [6, 6.07) is 13.7. The van der Waals surface area contributed by atoms with E-state index in [1.54, 1.807) is 6.07 Å². The van der Waals surface area contributed by atoms with Crippen LogP contribution in [0.4, 0.5) is 5.82 Å². The molecule has 0 radical (unpaired) electrons. The van der Waals surface area contributed by atoms with Crippen molar-refractivity contribution < 1.29 is 4.79 Å². The molecule has 0 atom stereocenters. The molecule has 0 saturated heterocycles. The first-order chi connectivity index (χ1) is 11.2. The van der Waals surface area contributed by atoms with Crippen LogP contribution in [-0.4, -0.2) is 29.7 Å². The number of anilines is 1. The lowest BCUT2D eigenvalue weighted by Crippen LogP contribution is -2.26. The number of nitrogens with zero attached hydrogens (tertiary/aromatic N) is 3. The fourth-order valence-electron chi connectivity index (χ4n) is 2.26. The highest BCUT2D eigenvalue weighted by molar-refractivity contribution is 5.92. The Morgan fingerprint density at radius 2 is 1.87 bits per heavy atom. The first kappa shape index (κ1) is 16.9. The van der Waals surface area contributed by atoms with Crippen LogP contribution in [0.2, 0.25) is 0 Å². The quantitative estimate of drug-likeness (QED) is 0.761. The van der Waals surface area contributed by atoms with Gasteiger partial charge in [-0.25, -0.2) is 0 Å². The Morgan fingerprint density at radius 1 is 1.09 bits per heavy atom. The van der Waals surface area contributed by atoms with Crippen molar-refractivity contribution >= 4 is 11.7 Å². The Morgan fingerprint density at radius 3 is 2.52 bits per heavy atom. The molecule has 0 spiro atoms. The molecule has 1 N–H and O–H groups in total. The molecule has 5 heteroatoms. The Labute approximate surface area is 137 Å². The summed E-state index contributed by atoms with van der Waals surface area (Å²) in [5.41, 5.74) is 1.56. The van der Waals surface area contributed by atoms with Crippen molar-refractivity contribution in [3.8, 4) is 0 Å². The largest absolute Gasteiger partial charge is 0.354 e. The Hall–Kier alpha value is -2.43. The number of nitrogens with one attached hydrogen (secondary N) is 1. The van der Waals surface area contributed by atoms with E-state index in [1.807, 2.05) is 36.2 Å². The second-order valence-electron chi connectivity index (χ2n) is 5.58. The van der Waals surface area contributed by atoms with Crippen LogP contribution in [-0.2, 0) is 6.54 Å². The smallest absolute Gasteiger partial charge is 0.271 e. The summed E-state index contributed by atoms with van der Waals surface area (Å²) >= 11 is 0. The third kappa shape index (κ3) is 5.36. The van der Waals surface area contributed by atoms with Crippen molar-refractivity contribution in [2.24, 2.45) is 0 Å². The molecular weight excluding hydrogens is 288 g/mol. The van der Waals surface area contributed by atoms with E-state index in [0.29, 0.717) is 12.2 Å². The summed E-state index contributed by atoms with van der Waals surface area (Å²) in [7, 11) is 1.96. The third-order valence-electron chi connectivity index (χ3n) is 3.60. The first-order valence-electron chi connectivity index (χ1n) is 8.07. The molecule has 0 unspecified atom stereocenters. The molecule has 2 aromatic rings. The van der Waals surface area contributed by atoms with Crippen molar-refractivity contribution in [3.63, 3.8) is 0 Å². The first-order valence-corrected chi connectivity index (χ1v) is 8.07. The molecule has 0 fully saturated rings. The average Bonchev–Trinajstić information content (AvgIpc) is 2.59. The molecule has 1 amide bonds. The third-order valence-corrected chi connectivity index (χ3v) is 3.60. The highest BCUT2D eigenvalue weighted by Crippen LogP contribution is 2.11. The van der Waals surface area contributed by atoms with E-state index in [1.165, 1.54) is 5.56 Å². The van der Waals surface area contributed by atoms with Gasteiger partial charge in [-0.15, -0.1) is 10.2 Å². The minimum Gasteiger partial charge on any atom is -0.354 e. The van der Waals surface area contributed by atoms with Crippen LogP contribution in [0.15, 0.2) is 42.5 Å². The minimum atomic E-state index is -0.161. The second kappa shape index (κ2) is 8.88. The molecule has 2 rings (SSSR count). The van der Waals surface area contributed by atoms with Gasteiger partial charge in [-0.05, 0) is 24.1 Å². The van der Waals surface area contributed by atoms with Gasteiger partial charge in [-0.2, -0.15) is 0 Å². The maximum Gasteiger partial charge on any atom is 0.271 e. The van der Waals surface area contributed by atoms with E-state index >= 15 is 0 Å². The van der Waals surface area contributed by atoms with Crippen LogP contribution in [0.3, 0.4) is 0 Å². The topological polar surface area (TPSA) is 58.1 Å². The zero-order valence-corrected chi connectivity index (χ0v) is 13.8. The standard InChI is InChI=1S/C18H24N4O/c1-3-4-8-13-19-18(23)16-11-12-17(21-20-16)22(2)14-15-9-6-5-7-10-15/h5-7,9-12H,3-4,8,13-14H2,1-2H3,(H,19,23). The molecule has 0 aliphatic carbocycles. The Balaban J connectivity index is 1.89. The Bertz CT molecular complexity index is 598. The molecule has 1 aromatic heterocycles. The molecule has 0 aliphatic heterocycles. The van der Waals surface area contributed by atoms with Crippen molar-refractivity contribution in [1.82, 2.24) is 15.5 Å². The van der Waals surface area contributed by atoms with Gasteiger partial charge in [-0.1, -0.05) is 50.1 Å². The van der Waals surface area contributed by atoms with Crippen molar-refractivity contribution in [3.05, 3.63) is 53.7 Å². The van der Waals surface area contributed by atoms with Crippen LogP contribution < -0.4 is 10.2 Å². The van der Waals surface area contributed by atoms with Gasteiger partial charge in [0.1, 0.15) is 0 Å². The number of hydrogen-bond acceptors (Lipinski definition) is 4. The number of benzene rings is 1. The molecule has 1 aromatic carbocycles. The van der Waals surface area contributed by atoms with Crippen LogP contribution in [0.5, 0.6) is 0 Å². The van der Waals surface area contributed by atoms with E-state index in [2.05, 4.69) is 34.6 Å². The number of hydrogen-bond donors (Lipinski definition) is 1. The molecule has 0 bridgehead atoms. The second-order valence-corrected chi connectivity index (χ2v) is 5.58. The molecule has 5 nitrogen and oxygen atoms in total. The van der Waals surface area contributed by atoms with Gasteiger partial charge in [-0.3, -0.25) is 4.79 Å². The highest BCUT2D eigenvalue weighted by Gasteiger charge is 2.09. The van der Waals surface area contributed by atoms with Gasteiger partial charge in [0.25, 0.3) is 5.91 Å². The summed E-state index contributed by atoms with van der Waals surface area (Å²) in [5, 5.41) is 11.1. The predicted octanol–water partition coefficient (Wildman–Crippen LogP) is 3.03. The molecule has 0 aliphatic rings. The summed E-state index contributed by atoms with van der Waals surface area (Å²) in [4.78, 5) is 14.0. The van der Waals surface area contributed by atoms with Gasteiger partial charge in [0.05, 0.1) is 0 Å². The van der Waals surface area contributed by atoms with E-state index < -0.39 is 0 Å². The molecule has 0 saturated carbocycles. The normalized spacial score (nSPS) is 10.3. The monoisotopic (exact) mass is 312 g/mol. The lowest BCUT2D eigenvalue weighted by atomic mass is 10.2. The van der Waals surface area contributed by atoms with Crippen molar-refractivity contribution in [2.45, 2.75) is 32.7 Å². The van der Waals surface area contributed by atoms with Gasteiger partial charge < -0.3 is 10.2 Å². The molecule has 1 heterocycles. The number of amides is 1. The van der Waals surface area contributed by atoms with E-state index in [4.69, 9.17) is 0 Å². The zero-order valence-electron chi connectivity index (χ0n) is 13.8. The maximum absolute atomic E-state index is 12.0. The number of rotatable bonds is 8. The lowest BCUT2D eigenvalue weighted by molar-refractivity contribution is 0.0947. The highest BCUT2D eigenvalue weighted by atomic mass is 16.1. The lowest BCUT2D eigenvalue weighted by Gasteiger charge is -2.17. The van der Waals surface area contributed by atoms with Crippen LogP contribution >= 0.6 is 0 Å². The number of carbonyl (C=O) groups is 1. The molecular formula is C18H24N4O. The van der Waals surface area contributed by atoms with Gasteiger partial charge in [0.15, 0.2) is 11.5 Å². The average molecular weight is 312 g/mol. The summed E-state index contributed by atoms with van der Waals surface area (Å²) in [5.74, 6) is 0.585. The predicted molar refractivity (Wildman–Crippen MR) is 92.4 cm³/mol. The van der Waals surface area contributed by atoms with Crippen LogP contribution in [0.25, 0.3) is 0 Å². The van der Waals surface area contributed by atoms with Gasteiger partial charge in [0.2, 0.25) is 0 Å². The van der Waals surface area contributed by atoms with E-state index in [9.17, 15) is 4.79 Å². The van der Waals surface area contributed by atoms with E-state index in [-0.39, 0.29) is 5.91 Å². The Kier molecular flexibility index (Phi) is 6.54. The molecule has 23 heavy (non-hydrogen) atoms. The summed E-state index contributed by atoms with van der Waals surface area (Å²) in [6.07, 6.45) is 3.25. The van der Waals surface area contributed by atoms with Gasteiger partial charge in [0, 0.05) is 20.1 Å². The zero-order chi connectivity index (χ0) is 16.5. The van der Waals surface area contributed by atoms with Crippen LogP contribution in [0.1, 0.15) is 42.2 Å². The van der Waals surface area contributed by atoms with Crippen molar-refractivity contribution in [2.75, 3.05) is 18.5 Å². The minimum absolute atomic E-state index is 0.161. The SMILES string of the molecule is CCCCCNC(=O)c1ccc(N(C)Cc2ccccc2)nn1. The fraction of sp³-hybridized carbons (Fsp3) is 0.389. The van der Waals surface area contributed by atoms with E-state index in [0.717, 1.165) is 31.6 Å². The van der Waals surface area contributed by atoms with Gasteiger partial charge >= 0.3 is 0 Å². The molecule has 122 valence electrons.